The summed E-state index contributed by atoms with van der Waals surface area (Å²) in [7, 11) is 1.59. The second-order valence-electron chi connectivity index (χ2n) is 5.84. The molecule has 1 fully saturated rings. The molecule has 1 unspecified atom stereocenters. The van der Waals surface area contributed by atoms with E-state index in [2.05, 4.69) is 5.32 Å². The first kappa shape index (κ1) is 18.8. The van der Waals surface area contributed by atoms with Crippen LogP contribution in [0.4, 0.5) is 0 Å². The van der Waals surface area contributed by atoms with Crippen LogP contribution in [0.15, 0.2) is 24.3 Å². The van der Waals surface area contributed by atoms with Gasteiger partial charge in [-0.25, -0.2) is 0 Å². The minimum atomic E-state index is -0.398. The van der Waals surface area contributed by atoms with Gasteiger partial charge in [-0.1, -0.05) is 19.9 Å². The van der Waals surface area contributed by atoms with E-state index in [0.717, 1.165) is 12.0 Å². The van der Waals surface area contributed by atoms with Gasteiger partial charge in [0.25, 0.3) is 0 Å². The van der Waals surface area contributed by atoms with Gasteiger partial charge in [0, 0.05) is 19.2 Å². The van der Waals surface area contributed by atoms with Crippen LogP contribution in [-0.2, 0) is 9.59 Å². The highest BCUT2D eigenvalue weighted by Crippen LogP contribution is 2.28. The molecule has 25 heavy (non-hydrogen) atoms. The summed E-state index contributed by atoms with van der Waals surface area (Å²) in [4.78, 5) is 25.9. The van der Waals surface area contributed by atoms with Crippen molar-refractivity contribution in [3.05, 3.63) is 29.8 Å². The molecule has 1 heterocycles. The average Bonchev–Trinajstić information content (AvgIpc) is 2.64. The Kier molecular flexibility index (Phi) is 6.86. The van der Waals surface area contributed by atoms with Crippen molar-refractivity contribution in [2.45, 2.75) is 32.7 Å². The molecule has 0 spiro atoms. The monoisotopic (exact) mass is 346 g/mol. The van der Waals surface area contributed by atoms with E-state index in [0.29, 0.717) is 37.6 Å². The van der Waals surface area contributed by atoms with Crippen LogP contribution in [0.3, 0.4) is 0 Å². The molecule has 1 atom stereocenters. The largest absolute Gasteiger partial charge is 0.493 e. The van der Waals surface area contributed by atoms with E-state index in [1.165, 1.54) is 6.08 Å². The first-order chi connectivity index (χ1) is 12.1. The van der Waals surface area contributed by atoms with Crippen LogP contribution in [-0.4, -0.2) is 49.6 Å². The number of carbonyl (C=O) groups excluding carboxylic acids is 2. The van der Waals surface area contributed by atoms with Gasteiger partial charge in [0.2, 0.25) is 11.8 Å². The van der Waals surface area contributed by atoms with E-state index in [1.807, 2.05) is 32.0 Å². The lowest BCUT2D eigenvalue weighted by Gasteiger charge is -2.33. The molecule has 1 N–H and O–H groups in total. The Morgan fingerprint density at radius 2 is 2.16 bits per heavy atom. The molecule has 1 aromatic rings. The van der Waals surface area contributed by atoms with Gasteiger partial charge in [0.05, 0.1) is 13.7 Å². The van der Waals surface area contributed by atoms with Crippen molar-refractivity contribution in [1.82, 2.24) is 10.2 Å². The molecular weight excluding hydrogens is 320 g/mol. The minimum Gasteiger partial charge on any atom is -0.493 e. The lowest BCUT2D eigenvalue weighted by molar-refractivity contribution is -0.140. The van der Waals surface area contributed by atoms with Crippen LogP contribution in [0.1, 0.15) is 32.3 Å². The number of benzene rings is 1. The smallest absolute Gasteiger partial charge is 0.247 e. The Morgan fingerprint density at radius 1 is 1.36 bits per heavy atom. The fourth-order valence-corrected chi connectivity index (χ4v) is 2.77. The summed E-state index contributed by atoms with van der Waals surface area (Å²) in [5.74, 6) is 1.07. The van der Waals surface area contributed by atoms with Crippen LogP contribution >= 0.6 is 0 Å². The summed E-state index contributed by atoms with van der Waals surface area (Å²) >= 11 is 0. The predicted octanol–water partition coefficient (Wildman–Crippen LogP) is 2.23. The maximum atomic E-state index is 12.5. The third-order valence-corrected chi connectivity index (χ3v) is 4.07. The molecule has 2 rings (SSSR count). The Labute approximate surface area is 148 Å². The molecule has 1 aromatic carbocycles. The SMILES string of the molecule is CCCOc1ccc(/C=C/C(=O)N2CCNC(=O)C2CC)cc1OC. The molecule has 1 aliphatic heterocycles. The van der Waals surface area contributed by atoms with Crippen molar-refractivity contribution in [1.29, 1.82) is 0 Å². The predicted molar refractivity (Wildman–Crippen MR) is 96.6 cm³/mol. The van der Waals surface area contributed by atoms with Crippen molar-refractivity contribution >= 4 is 17.9 Å². The minimum absolute atomic E-state index is 0.0883. The number of ether oxygens (including phenoxy) is 2. The van der Waals surface area contributed by atoms with Crippen molar-refractivity contribution < 1.29 is 19.1 Å². The number of methoxy groups -OCH3 is 1. The van der Waals surface area contributed by atoms with E-state index in [9.17, 15) is 9.59 Å². The summed E-state index contributed by atoms with van der Waals surface area (Å²) in [5, 5.41) is 2.79. The molecule has 0 saturated carbocycles. The maximum absolute atomic E-state index is 12.5. The van der Waals surface area contributed by atoms with Gasteiger partial charge >= 0.3 is 0 Å². The summed E-state index contributed by atoms with van der Waals surface area (Å²) < 4.78 is 11.0. The maximum Gasteiger partial charge on any atom is 0.247 e. The van der Waals surface area contributed by atoms with E-state index in [1.54, 1.807) is 18.1 Å². The third-order valence-electron chi connectivity index (χ3n) is 4.07. The first-order valence-corrected chi connectivity index (χ1v) is 8.67. The zero-order chi connectivity index (χ0) is 18.2. The van der Waals surface area contributed by atoms with Crippen LogP contribution in [0.25, 0.3) is 6.08 Å². The Morgan fingerprint density at radius 3 is 2.84 bits per heavy atom. The zero-order valence-electron chi connectivity index (χ0n) is 15.1. The summed E-state index contributed by atoms with van der Waals surface area (Å²) in [6.07, 6.45) is 4.75. The molecule has 6 nitrogen and oxygen atoms in total. The second kappa shape index (κ2) is 9.11. The quantitative estimate of drug-likeness (QED) is 0.769. The normalized spacial score (nSPS) is 17.5. The van der Waals surface area contributed by atoms with Crippen LogP contribution in [0.2, 0.25) is 0 Å². The molecule has 1 aliphatic rings. The van der Waals surface area contributed by atoms with Crippen LogP contribution in [0, 0.1) is 0 Å². The Hall–Kier alpha value is -2.50. The highest BCUT2D eigenvalue weighted by atomic mass is 16.5. The molecule has 6 heteroatoms. The van der Waals surface area contributed by atoms with Gasteiger partial charge in [0.1, 0.15) is 6.04 Å². The number of piperazine rings is 1. The van der Waals surface area contributed by atoms with Crippen LogP contribution in [0.5, 0.6) is 11.5 Å². The number of rotatable bonds is 7. The topological polar surface area (TPSA) is 67.9 Å². The number of hydrogen-bond acceptors (Lipinski definition) is 4. The van der Waals surface area contributed by atoms with E-state index in [-0.39, 0.29) is 11.8 Å². The van der Waals surface area contributed by atoms with Crippen molar-refractivity contribution in [3.63, 3.8) is 0 Å². The fourth-order valence-electron chi connectivity index (χ4n) is 2.77. The molecule has 0 radical (unpaired) electrons. The second-order valence-corrected chi connectivity index (χ2v) is 5.84. The summed E-state index contributed by atoms with van der Waals surface area (Å²) in [6.45, 7) is 5.59. The number of carbonyl (C=O) groups is 2. The lowest BCUT2D eigenvalue weighted by atomic mass is 10.1. The van der Waals surface area contributed by atoms with Gasteiger partial charge < -0.3 is 19.7 Å². The molecule has 136 valence electrons. The van der Waals surface area contributed by atoms with Gasteiger partial charge in [-0.2, -0.15) is 0 Å². The van der Waals surface area contributed by atoms with Gasteiger partial charge in [-0.05, 0) is 36.6 Å². The number of nitrogens with one attached hydrogen (secondary N) is 1. The number of hydrogen-bond donors (Lipinski definition) is 1. The molecule has 0 bridgehead atoms. The standard InChI is InChI=1S/C19H26N2O4/c1-4-12-25-16-8-6-14(13-17(16)24-3)7-9-18(22)21-11-10-20-19(23)15(21)5-2/h6-9,13,15H,4-5,10-12H2,1-3H3,(H,20,23)/b9-7+. The fraction of sp³-hybridized carbons (Fsp3) is 0.474. The van der Waals surface area contributed by atoms with E-state index < -0.39 is 6.04 Å². The number of nitrogens with zero attached hydrogens (tertiary/aromatic N) is 1. The van der Waals surface area contributed by atoms with Gasteiger partial charge in [0.15, 0.2) is 11.5 Å². The molecular formula is C19H26N2O4. The highest BCUT2D eigenvalue weighted by Gasteiger charge is 2.30. The van der Waals surface area contributed by atoms with E-state index in [4.69, 9.17) is 9.47 Å². The highest BCUT2D eigenvalue weighted by molar-refractivity contribution is 5.96. The van der Waals surface area contributed by atoms with Crippen LogP contribution < -0.4 is 14.8 Å². The first-order valence-electron chi connectivity index (χ1n) is 8.67. The molecule has 2 amide bonds. The third kappa shape index (κ3) is 4.75. The summed E-state index contributed by atoms with van der Waals surface area (Å²) in [6, 6.07) is 5.14. The van der Waals surface area contributed by atoms with Gasteiger partial charge in [-0.3, -0.25) is 9.59 Å². The lowest BCUT2D eigenvalue weighted by Crippen LogP contribution is -2.56. The van der Waals surface area contributed by atoms with Crippen molar-refractivity contribution in [3.8, 4) is 11.5 Å². The zero-order valence-corrected chi connectivity index (χ0v) is 15.1. The number of amides is 2. The molecule has 0 aromatic heterocycles. The van der Waals surface area contributed by atoms with Gasteiger partial charge in [-0.15, -0.1) is 0 Å². The molecule has 1 saturated heterocycles. The molecule has 0 aliphatic carbocycles. The van der Waals surface area contributed by atoms with Crippen molar-refractivity contribution in [2.75, 3.05) is 26.8 Å². The average molecular weight is 346 g/mol. The van der Waals surface area contributed by atoms with E-state index >= 15 is 0 Å². The summed E-state index contributed by atoms with van der Waals surface area (Å²) in [5.41, 5.74) is 0.837. The Balaban J connectivity index is 2.09. The van der Waals surface area contributed by atoms with Crippen molar-refractivity contribution in [2.24, 2.45) is 0 Å². The Bertz CT molecular complexity index is 642.